The molecule has 0 heterocycles. The summed E-state index contributed by atoms with van der Waals surface area (Å²) in [4.78, 5) is 0.567. The molecular formula is C24H42O3SSi. The van der Waals surface area contributed by atoms with Crippen molar-refractivity contribution in [2.24, 2.45) is 5.92 Å². The zero-order chi connectivity index (χ0) is 22.4. The Bertz CT molecular complexity index is 834. The normalized spacial score (nSPS) is 21.9. The fourth-order valence-electron chi connectivity index (χ4n) is 4.11. The fourth-order valence-corrected chi connectivity index (χ4v) is 6.70. The molecule has 0 fully saturated rings. The molecule has 0 bridgehead atoms. The number of benzene rings is 1. The summed E-state index contributed by atoms with van der Waals surface area (Å²) in [6.45, 7) is 22.2. The van der Waals surface area contributed by atoms with Crippen molar-refractivity contribution in [3.63, 3.8) is 0 Å². The topological polar surface area (TPSA) is 43.4 Å². The van der Waals surface area contributed by atoms with Crippen molar-refractivity contribution in [2.75, 3.05) is 6.61 Å². The molecule has 0 amide bonds. The molecule has 0 aliphatic heterocycles. The standard InChI is InChI=1S/C24H42O3SSi/c1-16(2)28(25,26)22-14-17(3)13-21-20(12-11-18(4)23(21)22)19(5)15-27-29(9,10)24(6,7)8/h13-14,16,18-20H,11-12,15H2,1-10H3/t18-,19-,20+/m1/s1. The summed E-state index contributed by atoms with van der Waals surface area (Å²) in [6.07, 6.45) is 2.13. The van der Waals surface area contributed by atoms with Gasteiger partial charge in [0.15, 0.2) is 18.2 Å². The van der Waals surface area contributed by atoms with Crippen molar-refractivity contribution < 1.29 is 12.8 Å². The van der Waals surface area contributed by atoms with Crippen LogP contribution in [0.3, 0.4) is 0 Å². The highest BCUT2D eigenvalue weighted by atomic mass is 32.2. The first kappa shape index (κ1) is 24.6. The third-order valence-corrected chi connectivity index (χ3v) is 13.9. The Labute approximate surface area is 180 Å². The van der Waals surface area contributed by atoms with Crippen LogP contribution < -0.4 is 0 Å². The van der Waals surface area contributed by atoms with E-state index in [0.717, 1.165) is 30.6 Å². The Kier molecular flexibility index (Phi) is 7.19. The summed E-state index contributed by atoms with van der Waals surface area (Å²) in [7, 11) is -5.10. The van der Waals surface area contributed by atoms with Gasteiger partial charge in [0.05, 0.1) is 10.1 Å². The SMILES string of the molecule is Cc1cc2c(c(S(=O)(=O)C(C)C)c1)[C@H](C)CC[C@H]2[C@H](C)CO[Si](C)(C)C(C)(C)C. The smallest absolute Gasteiger partial charge is 0.191 e. The molecule has 0 unspecified atom stereocenters. The fraction of sp³-hybridized carbons (Fsp3) is 0.750. The molecule has 0 radical (unpaired) electrons. The van der Waals surface area contributed by atoms with E-state index in [1.807, 2.05) is 13.0 Å². The maximum absolute atomic E-state index is 13.1. The number of fused-ring (bicyclic) bond motifs is 1. The third kappa shape index (κ3) is 4.99. The summed E-state index contributed by atoms with van der Waals surface area (Å²) in [5, 5.41) is -0.207. The molecule has 5 heteroatoms. The van der Waals surface area contributed by atoms with Crippen molar-refractivity contribution in [3.8, 4) is 0 Å². The first-order valence-corrected chi connectivity index (χ1v) is 15.6. The Morgan fingerprint density at radius 3 is 2.24 bits per heavy atom. The number of hydrogen-bond acceptors (Lipinski definition) is 3. The van der Waals surface area contributed by atoms with Crippen LogP contribution in [-0.2, 0) is 14.3 Å². The summed E-state index contributed by atoms with van der Waals surface area (Å²) in [5.74, 6) is 0.998. The van der Waals surface area contributed by atoms with Gasteiger partial charge >= 0.3 is 0 Å². The van der Waals surface area contributed by atoms with Crippen molar-refractivity contribution >= 4 is 18.2 Å². The number of rotatable bonds is 6. The monoisotopic (exact) mass is 438 g/mol. The Balaban J connectivity index is 2.44. The molecule has 1 aromatic rings. The van der Waals surface area contributed by atoms with Crippen LogP contribution in [0.25, 0.3) is 0 Å². The van der Waals surface area contributed by atoms with Crippen LogP contribution in [0.1, 0.15) is 89.8 Å². The lowest BCUT2D eigenvalue weighted by atomic mass is 9.72. The van der Waals surface area contributed by atoms with Crippen molar-refractivity contribution in [1.29, 1.82) is 0 Å². The van der Waals surface area contributed by atoms with Crippen LogP contribution >= 0.6 is 0 Å². The summed E-state index contributed by atoms with van der Waals surface area (Å²) in [5.41, 5.74) is 3.36. The first-order chi connectivity index (χ1) is 13.1. The Morgan fingerprint density at radius 2 is 1.72 bits per heavy atom. The van der Waals surface area contributed by atoms with E-state index < -0.39 is 23.4 Å². The highest BCUT2D eigenvalue weighted by Crippen LogP contribution is 2.46. The first-order valence-electron chi connectivity index (χ1n) is 11.1. The van der Waals surface area contributed by atoms with Crippen LogP contribution in [0.5, 0.6) is 0 Å². The van der Waals surface area contributed by atoms with Gasteiger partial charge < -0.3 is 4.43 Å². The minimum atomic E-state index is -3.30. The van der Waals surface area contributed by atoms with Crippen molar-refractivity contribution in [1.82, 2.24) is 0 Å². The van der Waals surface area contributed by atoms with Gasteiger partial charge in [0, 0.05) is 6.61 Å². The molecule has 1 aliphatic carbocycles. The summed E-state index contributed by atoms with van der Waals surface area (Å²) >= 11 is 0. The quantitative estimate of drug-likeness (QED) is 0.458. The molecule has 29 heavy (non-hydrogen) atoms. The van der Waals surface area contributed by atoms with E-state index in [-0.39, 0.29) is 11.0 Å². The molecule has 166 valence electrons. The molecule has 0 aromatic heterocycles. The summed E-state index contributed by atoms with van der Waals surface area (Å²) < 4.78 is 32.8. The molecule has 3 atom stereocenters. The summed E-state index contributed by atoms with van der Waals surface area (Å²) in [6, 6.07) is 4.13. The predicted molar refractivity (Wildman–Crippen MR) is 126 cm³/mol. The second-order valence-corrected chi connectivity index (χ2v) is 18.3. The van der Waals surface area contributed by atoms with Crippen molar-refractivity contribution in [2.45, 2.75) is 108 Å². The van der Waals surface area contributed by atoms with Gasteiger partial charge in [0.2, 0.25) is 0 Å². The molecule has 2 rings (SSSR count). The molecule has 0 N–H and O–H groups in total. The van der Waals surface area contributed by atoms with Crippen LogP contribution in [0.2, 0.25) is 18.1 Å². The lowest BCUT2D eigenvalue weighted by Crippen LogP contribution is -2.42. The maximum atomic E-state index is 13.1. The molecule has 3 nitrogen and oxygen atoms in total. The van der Waals surface area contributed by atoms with E-state index >= 15 is 0 Å². The van der Waals surface area contributed by atoms with E-state index in [1.165, 1.54) is 5.56 Å². The number of sulfone groups is 1. The van der Waals surface area contributed by atoms with Gasteiger partial charge in [-0.25, -0.2) is 8.42 Å². The molecule has 0 spiro atoms. The average Bonchev–Trinajstić information content (AvgIpc) is 2.58. The predicted octanol–water partition coefficient (Wildman–Crippen LogP) is 6.82. The van der Waals surface area contributed by atoms with Gasteiger partial charge in [0.1, 0.15) is 0 Å². The Morgan fingerprint density at radius 1 is 1.14 bits per heavy atom. The minimum absolute atomic E-state index is 0.195. The highest BCUT2D eigenvalue weighted by molar-refractivity contribution is 7.92. The van der Waals surface area contributed by atoms with Gasteiger partial charge in [-0.05, 0) is 92.3 Å². The van der Waals surface area contributed by atoms with Gasteiger partial charge in [-0.3, -0.25) is 0 Å². The Hall–Kier alpha value is -0.653. The molecule has 1 aromatic carbocycles. The number of aryl methyl sites for hydroxylation is 1. The number of hydrogen-bond donors (Lipinski definition) is 0. The van der Waals surface area contributed by atoms with Crippen LogP contribution in [-0.4, -0.2) is 28.6 Å². The lowest BCUT2D eigenvalue weighted by Gasteiger charge is -2.39. The van der Waals surface area contributed by atoms with Gasteiger partial charge in [-0.15, -0.1) is 0 Å². The van der Waals surface area contributed by atoms with Gasteiger partial charge in [0.25, 0.3) is 0 Å². The molecular weight excluding hydrogens is 396 g/mol. The van der Waals surface area contributed by atoms with Crippen LogP contribution in [0, 0.1) is 12.8 Å². The van der Waals surface area contributed by atoms with E-state index in [0.29, 0.717) is 16.7 Å². The zero-order valence-corrected chi connectivity index (χ0v) is 22.0. The zero-order valence-electron chi connectivity index (χ0n) is 20.2. The van der Waals surface area contributed by atoms with E-state index in [2.05, 4.69) is 53.8 Å². The second kappa shape index (κ2) is 8.47. The van der Waals surface area contributed by atoms with Crippen molar-refractivity contribution in [3.05, 3.63) is 28.8 Å². The van der Waals surface area contributed by atoms with E-state index in [1.54, 1.807) is 13.8 Å². The minimum Gasteiger partial charge on any atom is -0.417 e. The van der Waals surface area contributed by atoms with Crippen LogP contribution in [0.4, 0.5) is 0 Å². The van der Waals surface area contributed by atoms with E-state index in [4.69, 9.17) is 4.43 Å². The molecule has 0 saturated carbocycles. The molecule has 1 aliphatic rings. The molecule has 0 saturated heterocycles. The maximum Gasteiger partial charge on any atom is 0.191 e. The van der Waals surface area contributed by atoms with E-state index in [9.17, 15) is 8.42 Å². The van der Waals surface area contributed by atoms with Gasteiger partial charge in [-0.1, -0.05) is 40.7 Å². The second-order valence-electron chi connectivity index (χ2n) is 11.0. The average molecular weight is 439 g/mol. The third-order valence-electron chi connectivity index (χ3n) is 7.25. The van der Waals surface area contributed by atoms with Crippen LogP contribution in [0.15, 0.2) is 17.0 Å². The largest absolute Gasteiger partial charge is 0.417 e. The highest BCUT2D eigenvalue weighted by Gasteiger charge is 2.39. The lowest BCUT2D eigenvalue weighted by molar-refractivity contribution is 0.208. The van der Waals surface area contributed by atoms with Gasteiger partial charge in [-0.2, -0.15) is 0 Å².